The van der Waals surface area contributed by atoms with Crippen molar-refractivity contribution in [3.63, 3.8) is 0 Å². The quantitative estimate of drug-likeness (QED) is 0.139. The lowest BCUT2D eigenvalue weighted by atomic mass is 9.79. The van der Waals surface area contributed by atoms with Crippen LogP contribution in [0.3, 0.4) is 0 Å². The molecule has 7 nitrogen and oxygen atoms in total. The van der Waals surface area contributed by atoms with E-state index in [1.54, 1.807) is 14.2 Å². The molecule has 6 aromatic rings. The number of aliphatic imine (C=N–C) groups is 1. The van der Waals surface area contributed by atoms with E-state index in [1.807, 2.05) is 54.6 Å². The van der Waals surface area contributed by atoms with Gasteiger partial charge in [-0.25, -0.2) is 4.99 Å². The minimum Gasteiger partial charge on any atom is -0.497 e. The van der Waals surface area contributed by atoms with Gasteiger partial charge in [-0.05, 0) is 81.9 Å². The number of methoxy groups -OCH3 is 2. The molecule has 3 unspecified atom stereocenters. The first-order valence-corrected chi connectivity index (χ1v) is 19.8. The summed E-state index contributed by atoms with van der Waals surface area (Å²) < 4.78 is 39.1. The maximum Gasteiger partial charge on any atom is 0.388 e. The van der Waals surface area contributed by atoms with Crippen LogP contribution in [0.15, 0.2) is 153 Å². The molecule has 4 atom stereocenters. The van der Waals surface area contributed by atoms with Crippen LogP contribution in [0.5, 0.6) is 11.5 Å². The predicted molar refractivity (Wildman–Crippen MR) is 220 cm³/mol. The molecular formula is C47H42NO6P. The van der Waals surface area contributed by atoms with Gasteiger partial charge in [0.05, 0.1) is 14.2 Å². The molecular weight excluding hydrogens is 705 g/mol. The third kappa shape index (κ3) is 6.79. The molecule has 5 aromatic carbocycles. The molecule has 0 saturated heterocycles. The van der Waals surface area contributed by atoms with Gasteiger partial charge in [-0.15, -0.1) is 0 Å². The van der Waals surface area contributed by atoms with Crippen molar-refractivity contribution in [1.29, 1.82) is 0 Å². The molecule has 0 spiro atoms. The number of allylic oxidation sites excluding steroid dienone is 4. The van der Waals surface area contributed by atoms with Crippen LogP contribution in [0, 0.1) is 11.8 Å². The predicted octanol–water partition coefficient (Wildman–Crippen LogP) is 9.13. The van der Waals surface area contributed by atoms with E-state index in [0.29, 0.717) is 25.3 Å². The number of hydrogen-bond donors (Lipinski definition) is 0. The molecule has 0 fully saturated rings. The maximum absolute atomic E-state index is 7.51. The minimum atomic E-state index is -2.03. The van der Waals surface area contributed by atoms with Crippen molar-refractivity contribution in [3.05, 3.63) is 167 Å². The SMILES string of the molecule is COc1ccc(CC(Cc2ccc(OC)cc2)(Op2oc3c(c4c(ccc5ccccc54)o2)=C2C=CC=CC2C(C)C=3)[C@@H]2COC(c3ccccc3)=N2)cc1. The zero-order valence-electron chi connectivity index (χ0n) is 31.1. The number of fused-ring (bicyclic) bond motifs is 6. The van der Waals surface area contributed by atoms with Gasteiger partial charge in [0, 0.05) is 34.9 Å². The summed E-state index contributed by atoms with van der Waals surface area (Å²) >= 11 is 0. The third-order valence-corrected chi connectivity index (χ3v) is 12.1. The lowest BCUT2D eigenvalue weighted by Crippen LogP contribution is -2.51. The summed E-state index contributed by atoms with van der Waals surface area (Å²) in [5.41, 5.74) is 4.78. The highest BCUT2D eigenvalue weighted by Crippen LogP contribution is 2.40. The molecule has 0 bridgehead atoms. The Morgan fingerprint density at radius 3 is 2.16 bits per heavy atom. The molecule has 0 amide bonds. The Labute approximate surface area is 321 Å². The van der Waals surface area contributed by atoms with E-state index < -0.39 is 19.9 Å². The lowest BCUT2D eigenvalue weighted by Gasteiger charge is -2.35. The summed E-state index contributed by atoms with van der Waals surface area (Å²) in [6, 6.07) is 38.5. The Hall–Kier alpha value is -5.75. The molecule has 55 heavy (non-hydrogen) atoms. The summed E-state index contributed by atoms with van der Waals surface area (Å²) in [4.78, 5) is 5.29. The van der Waals surface area contributed by atoms with Crippen LogP contribution in [0.25, 0.3) is 33.4 Å². The van der Waals surface area contributed by atoms with Gasteiger partial charge in [0.1, 0.15) is 40.7 Å². The second-order valence-electron chi connectivity index (χ2n) is 14.4. The smallest absolute Gasteiger partial charge is 0.388 e. The van der Waals surface area contributed by atoms with E-state index in [1.165, 1.54) is 5.57 Å². The molecule has 0 radical (unpaired) electrons. The van der Waals surface area contributed by atoms with Crippen molar-refractivity contribution in [3.8, 4) is 11.5 Å². The largest absolute Gasteiger partial charge is 0.497 e. The van der Waals surface area contributed by atoms with Crippen molar-refractivity contribution >= 4 is 47.5 Å². The van der Waals surface area contributed by atoms with E-state index in [-0.39, 0.29) is 11.8 Å². The second kappa shape index (κ2) is 14.8. The van der Waals surface area contributed by atoms with Crippen LogP contribution < -0.4 is 24.6 Å². The standard InChI is InChI=1S/C47H42NO6P/c1-31-27-42-45(40-16-10-9-14-38(31)40)44-39-15-8-7-11-34(39)21-26-41(44)52-55(53-42)54-47(28-32-17-22-36(49-2)23-18-32,29-33-19-24-37(50-3)25-20-33)43-30-51-46(48-43)35-12-5-4-6-13-35/h4-27,31,38,43H,28-30H2,1-3H3/t31?,38?,43-,55?/m0/s1. The normalized spacial score (nSPS) is 19.0. The molecule has 1 aromatic heterocycles. The molecule has 9 rings (SSSR count). The minimum absolute atomic E-state index is 0.202. The summed E-state index contributed by atoms with van der Waals surface area (Å²) in [5, 5.41) is 4.31. The fourth-order valence-electron chi connectivity index (χ4n) is 8.11. The third-order valence-electron chi connectivity index (χ3n) is 10.9. The van der Waals surface area contributed by atoms with Crippen LogP contribution in [0.1, 0.15) is 23.6 Å². The number of nitrogens with zero attached hydrogens (tertiary/aromatic N) is 1. The van der Waals surface area contributed by atoms with Crippen molar-refractivity contribution in [2.24, 2.45) is 16.8 Å². The Morgan fingerprint density at radius 2 is 1.45 bits per heavy atom. The Bertz CT molecular complexity index is 2580. The Kier molecular flexibility index (Phi) is 9.43. The maximum atomic E-state index is 7.51. The van der Waals surface area contributed by atoms with Gasteiger partial charge >= 0.3 is 8.24 Å². The average molecular weight is 748 g/mol. The van der Waals surface area contributed by atoms with Gasteiger partial charge in [-0.2, -0.15) is 0 Å². The van der Waals surface area contributed by atoms with E-state index in [9.17, 15) is 0 Å². The fourth-order valence-corrected chi connectivity index (χ4v) is 9.40. The summed E-state index contributed by atoms with van der Waals surface area (Å²) in [5.74, 6) is 2.58. The van der Waals surface area contributed by atoms with Crippen LogP contribution in [-0.2, 0) is 17.6 Å². The van der Waals surface area contributed by atoms with Crippen LogP contribution in [0.2, 0.25) is 0 Å². The number of hydrogen-bond acceptors (Lipinski definition) is 7. The number of rotatable bonds is 10. The fraction of sp³-hybridized carbons (Fsp3) is 0.213. The molecule has 0 N–H and O–H groups in total. The lowest BCUT2D eigenvalue weighted by molar-refractivity contribution is 0.0706. The molecule has 276 valence electrons. The topological polar surface area (TPSA) is 75.6 Å². The zero-order valence-corrected chi connectivity index (χ0v) is 31.9. The molecule has 2 aliphatic carbocycles. The van der Waals surface area contributed by atoms with Gasteiger partial charge in [0.2, 0.25) is 5.90 Å². The Morgan fingerprint density at radius 1 is 0.764 bits per heavy atom. The monoisotopic (exact) mass is 747 g/mol. The molecule has 0 saturated carbocycles. The summed E-state index contributed by atoms with van der Waals surface area (Å²) in [7, 11) is 1.33. The highest BCUT2D eigenvalue weighted by Gasteiger charge is 2.46. The van der Waals surface area contributed by atoms with Crippen LogP contribution in [0.4, 0.5) is 0 Å². The van der Waals surface area contributed by atoms with E-state index in [0.717, 1.165) is 60.6 Å². The van der Waals surface area contributed by atoms with Crippen molar-refractivity contribution in [1.82, 2.24) is 0 Å². The summed E-state index contributed by atoms with van der Waals surface area (Å²) in [6.45, 7) is 2.57. The average Bonchev–Trinajstić information content (AvgIpc) is 3.68. The summed E-state index contributed by atoms with van der Waals surface area (Å²) in [6.07, 6.45) is 12.0. The first-order valence-electron chi connectivity index (χ1n) is 18.7. The Balaban J connectivity index is 1.29. The van der Waals surface area contributed by atoms with E-state index in [4.69, 9.17) is 32.1 Å². The molecule has 8 heteroatoms. The molecule has 1 aliphatic heterocycles. The van der Waals surface area contributed by atoms with Gasteiger partial charge in [-0.3, -0.25) is 4.52 Å². The van der Waals surface area contributed by atoms with E-state index >= 15 is 0 Å². The second-order valence-corrected chi connectivity index (χ2v) is 15.4. The highest BCUT2D eigenvalue weighted by molar-refractivity contribution is 7.31. The first-order chi connectivity index (χ1) is 27.0. The highest BCUT2D eigenvalue weighted by atomic mass is 31.1. The van der Waals surface area contributed by atoms with E-state index in [2.05, 4.69) is 98.0 Å². The number of ether oxygens (including phenoxy) is 3. The van der Waals surface area contributed by atoms with Crippen molar-refractivity contribution < 1.29 is 27.1 Å². The van der Waals surface area contributed by atoms with Gasteiger partial charge < -0.3 is 22.6 Å². The number of benzene rings is 5. The molecule has 3 aliphatic rings. The van der Waals surface area contributed by atoms with Gasteiger partial charge in [-0.1, -0.05) is 104 Å². The molecule has 2 heterocycles. The van der Waals surface area contributed by atoms with Crippen molar-refractivity contribution in [2.75, 3.05) is 20.8 Å². The van der Waals surface area contributed by atoms with Crippen LogP contribution in [-0.4, -0.2) is 38.4 Å². The first kappa shape index (κ1) is 35.0. The van der Waals surface area contributed by atoms with Gasteiger partial charge in [0.25, 0.3) is 0 Å². The van der Waals surface area contributed by atoms with Crippen LogP contribution >= 0.6 is 8.24 Å². The van der Waals surface area contributed by atoms with Crippen molar-refractivity contribution in [2.45, 2.75) is 31.4 Å². The van der Waals surface area contributed by atoms with Gasteiger partial charge in [0.15, 0.2) is 0 Å². The zero-order chi connectivity index (χ0) is 37.4.